The molecule has 0 saturated heterocycles. The minimum atomic E-state index is -5.45. The highest BCUT2D eigenvalue weighted by molar-refractivity contribution is 7.93. The van der Waals surface area contributed by atoms with Crippen molar-refractivity contribution in [3.8, 4) is 17.2 Å². The standard InChI is InChI=1S/C20H19F3N2O4S/c1-13-3-5-15(6-4-13)19-24-18(14(2)29-19)11-12-28-17-9-7-16(8-10-17)25-30(26,27)20(21,22)23/h3-10,25H,11-12H2,1-2H3. The molecule has 10 heteroatoms. The van der Waals surface area contributed by atoms with Gasteiger partial charge in [0.25, 0.3) is 0 Å². The van der Waals surface area contributed by atoms with Crippen LogP contribution in [-0.4, -0.2) is 25.5 Å². The number of anilines is 1. The van der Waals surface area contributed by atoms with Crippen LogP contribution >= 0.6 is 0 Å². The van der Waals surface area contributed by atoms with Gasteiger partial charge >= 0.3 is 15.5 Å². The van der Waals surface area contributed by atoms with E-state index in [4.69, 9.17) is 9.15 Å². The van der Waals surface area contributed by atoms with Crippen molar-refractivity contribution in [3.63, 3.8) is 0 Å². The van der Waals surface area contributed by atoms with Crippen LogP contribution in [0.1, 0.15) is 17.0 Å². The first-order valence-corrected chi connectivity index (χ1v) is 10.4. The van der Waals surface area contributed by atoms with E-state index in [1.54, 1.807) is 0 Å². The highest BCUT2D eigenvalue weighted by Crippen LogP contribution is 2.26. The van der Waals surface area contributed by atoms with E-state index in [0.29, 0.717) is 23.8 Å². The molecule has 0 amide bonds. The highest BCUT2D eigenvalue weighted by atomic mass is 32.2. The van der Waals surface area contributed by atoms with Crippen LogP contribution in [0.2, 0.25) is 0 Å². The molecule has 2 aromatic carbocycles. The number of nitrogens with zero attached hydrogens (tertiary/aromatic N) is 1. The molecule has 1 aromatic heterocycles. The molecule has 0 saturated carbocycles. The second-order valence-electron chi connectivity index (χ2n) is 6.56. The van der Waals surface area contributed by atoms with Gasteiger partial charge in [-0.1, -0.05) is 17.7 Å². The molecule has 0 aliphatic heterocycles. The zero-order chi connectivity index (χ0) is 21.9. The maximum absolute atomic E-state index is 12.4. The Morgan fingerprint density at radius 3 is 2.27 bits per heavy atom. The van der Waals surface area contributed by atoms with Crippen LogP contribution < -0.4 is 9.46 Å². The maximum Gasteiger partial charge on any atom is 0.516 e. The van der Waals surface area contributed by atoms with E-state index in [1.807, 2.05) is 38.1 Å². The number of halogens is 3. The number of oxazole rings is 1. The highest BCUT2D eigenvalue weighted by Gasteiger charge is 2.46. The van der Waals surface area contributed by atoms with Crippen molar-refractivity contribution in [2.45, 2.75) is 25.8 Å². The van der Waals surface area contributed by atoms with E-state index in [1.165, 1.54) is 29.0 Å². The molecule has 0 radical (unpaired) electrons. The third-order valence-corrected chi connectivity index (χ3v) is 5.32. The lowest BCUT2D eigenvalue weighted by atomic mass is 10.1. The maximum atomic E-state index is 12.4. The summed E-state index contributed by atoms with van der Waals surface area (Å²) in [5, 5.41) is 0. The van der Waals surface area contributed by atoms with Crippen LogP contribution in [0.15, 0.2) is 52.9 Å². The van der Waals surface area contributed by atoms with Gasteiger partial charge in [0, 0.05) is 17.7 Å². The first kappa shape index (κ1) is 21.7. The topological polar surface area (TPSA) is 81.4 Å². The van der Waals surface area contributed by atoms with Crippen molar-refractivity contribution >= 4 is 15.7 Å². The molecule has 0 bridgehead atoms. The van der Waals surface area contributed by atoms with E-state index in [-0.39, 0.29) is 12.3 Å². The third-order valence-electron chi connectivity index (χ3n) is 4.21. The van der Waals surface area contributed by atoms with Crippen LogP contribution in [0.5, 0.6) is 5.75 Å². The van der Waals surface area contributed by atoms with E-state index < -0.39 is 15.5 Å². The van der Waals surface area contributed by atoms with Gasteiger partial charge in [0.1, 0.15) is 11.5 Å². The molecule has 0 spiro atoms. The van der Waals surface area contributed by atoms with Crippen LogP contribution in [0.25, 0.3) is 11.5 Å². The van der Waals surface area contributed by atoms with Crippen LogP contribution in [0.4, 0.5) is 18.9 Å². The summed E-state index contributed by atoms with van der Waals surface area (Å²) in [5.41, 5.74) is -2.86. The lowest BCUT2D eigenvalue weighted by molar-refractivity contribution is -0.0429. The lowest BCUT2D eigenvalue weighted by Gasteiger charge is -2.11. The van der Waals surface area contributed by atoms with Gasteiger partial charge in [-0.3, -0.25) is 4.72 Å². The summed E-state index contributed by atoms with van der Waals surface area (Å²) >= 11 is 0. The average Bonchev–Trinajstić information content (AvgIpc) is 3.03. The van der Waals surface area contributed by atoms with Crippen LogP contribution in [-0.2, 0) is 16.4 Å². The molecular weight excluding hydrogens is 421 g/mol. The van der Waals surface area contributed by atoms with Gasteiger partial charge in [0.15, 0.2) is 0 Å². The van der Waals surface area contributed by atoms with E-state index >= 15 is 0 Å². The number of aryl methyl sites for hydroxylation is 2. The summed E-state index contributed by atoms with van der Waals surface area (Å²) in [6.45, 7) is 4.06. The quantitative estimate of drug-likeness (QED) is 0.569. The van der Waals surface area contributed by atoms with Crippen molar-refractivity contribution in [3.05, 3.63) is 65.5 Å². The molecule has 6 nitrogen and oxygen atoms in total. The molecule has 3 rings (SSSR count). The lowest BCUT2D eigenvalue weighted by Crippen LogP contribution is -2.29. The zero-order valence-electron chi connectivity index (χ0n) is 16.2. The van der Waals surface area contributed by atoms with Gasteiger partial charge in [-0.2, -0.15) is 21.6 Å². The molecule has 0 unspecified atom stereocenters. The number of sulfonamides is 1. The van der Waals surface area contributed by atoms with Crippen molar-refractivity contribution in [1.29, 1.82) is 0 Å². The fraction of sp³-hybridized carbons (Fsp3) is 0.250. The molecule has 0 aliphatic carbocycles. The summed E-state index contributed by atoms with van der Waals surface area (Å²) in [6.07, 6.45) is 0.462. The second kappa shape index (κ2) is 8.39. The molecule has 0 aliphatic rings. The number of rotatable bonds is 7. The Kier molecular flexibility index (Phi) is 6.06. The van der Waals surface area contributed by atoms with Crippen LogP contribution in [0.3, 0.4) is 0 Å². The van der Waals surface area contributed by atoms with Gasteiger partial charge in [0.05, 0.1) is 12.3 Å². The summed E-state index contributed by atoms with van der Waals surface area (Å²) < 4.78 is 72.1. The number of hydrogen-bond acceptors (Lipinski definition) is 5. The average molecular weight is 440 g/mol. The fourth-order valence-corrected chi connectivity index (χ4v) is 3.14. The second-order valence-corrected chi connectivity index (χ2v) is 8.24. The number of aromatic nitrogens is 1. The van der Waals surface area contributed by atoms with Gasteiger partial charge in [-0.05, 0) is 50.2 Å². The Hall–Kier alpha value is -3.01. The zero-order valence-corrected chi connectivity index (χ0v) is 17.0. The molecule has 1 heterocycles. The van der Waals surface area contributed by atoms with Gasteiger partial charge in [-0.25, -0.2) is 4.98 Å². The number of ether oxygens (including phenoxy) is 1. The molecule has 160 valence electrons. The van der Waals surface area contributed by atoms with Gasteiger partial charge in [-0.15, -0.1) is 0 Å². The minimum absolute atomic E-state index is 0.213. The van der Waals surface area contributed by atoms with E-state index in [9.17, 15) is 21.6 Å². The number of benzene rings is 2. The number of hydrogen-bond donors (Lipinski definition) is 1. The smallest absolute Gasteiger partial charge is 0.493 e. The predicted molar refractivity (Wildman–Crippen MR) is 106 cm³/mol. The normalized spacial score (nSPS) is 12.0. The molecule has 0 fully saturated rings. The molecular formula is C20H19F3N2O4S. The van der Waals surface area contributed by atoms with Crippen LogP contribution in [0, 0.1) is 13.8 Å². The Morgan fingerprint density at radius 2 is 1.67 bits per heavy atom. The summed E-state index contributed by atoms with van der Waals surface area (Å²) in [7, 11) is -5.45. The molecule has 30 heavy (non-hydrogen) atoms. The fourth-order valence-electron chi connectivity index (χ4n) is 2.58. The van der Waals surface area contributed by atoms with Crippen molar-refractivity contribution < 1.29 is 30.7 Å². The van der Waals surface area contributed by atoms with E-state index in [0.717, 1.165) is 16.8 Å². The van der Waals surface area contributed by atoms with Crippen molar-refractivity contribution in [1.82, 2.24) is 4.98 Å². The Morgan fingerprint density at radius 1 is 1.03 bits per heavy atom. The first-order valence-electron chi connectivity index (χ1n) is 8.90. The van der Waals surface area contributed by atoms with Gasteiger partial charge in [0.2, 0.25) is 5.89 Å². The first-order chi connectivity index (χ1) is 14.0. The Labute approximate surface area is 171 Å². The molecule has 0 atom stereocenters. The third kappa shape index (κ3) is 5.12. The molecule has 1 N–H and O–H groups in total. The summed E-state index contributed by atoms with van der Waals surface area (Å²) in [4.78, 5) is 4.49. The minimum Gasteiger partial charge on any atom is -0.493 e. The van der Waals surface area contributed by atoms with Crippen molar-refractivity contribution in [2.75, 3.05) is 11.3 Å². The van der Waals surface area contributed by atoms with E-state index in [2.05, 4.69) is 4.98 Å². The SMILES string of the molecule is Cc1ccc(-c2nc(CCOc3ccc(NS(=O)(=O)C(F)(F)F)cc3)c(C)o2)cc1. The monoisotopic (exact) mass is 440 g/mol. The summed E-state index contributed by atoms with van der Waals surface area (Å²) in [5.74, 6) is 1.57. The number of alkyl halides is 3. The predicted octanol–water partition coefficient (Wildman–Crippen LogP) is 4.84. The Balaban J connectivity index is 1.57. The van der Waals surface area contributed by atoms with Crippen molar-refractivity contribution in [2.24, 2.45) is 0 Å². The largest absolute Gasteiger partial charge is 0.516 e. The summed E-state index contributed by atoms with van der Waals surface area (Å²) in [6, 6.07) is 12.9. The van der Waals surface area contributed by atoms with Gasteiger partial charge < -0.3 is 9.15 Å². The Bertz CT molecular complexity index is 1110. The molecule has 3 aromatic rings. The number of nitrogens with one attached hydrogen (secondary N) is 1.